The number of fused-ring (bicyclic) bond motifs is 1. The van der Waals surface area contributed by atoms with Crippen molar-refractivity contribution in [3.63, 3.8) is 0 Å². The van der Waals surface area contributed by atoms with Gasteiger partial charge < -0.3 is 14.4 Å². The minimum Gasteiger partial charge on any atom is -0.444 e. The summed E-state index contributed by atoms with van der Waals surface area (Å²) in [7, 11) is 0. The fourth-order valence-corrected chi connectivity index (χ4v) is 5.96. The summed E-state index contributed by atoms with van der Waals surface area (Å²) in [4.78, 5) is 28.0. The van der Waals surface area contributed by atoms with E-state index in [4.69, 9.17) is 9.47 Å². The zero-order valence-electron chi connectivity index (χ0n) is 22.5. The summed E-state index contributed by atoms with van der Waals surface area (Å²) in [5, 5.41) is 17.8. The summed E-state index contributed by atoms with van der Waals surface area (Å²) in [5.74, 6) is -0.697. The van der Waals surface area contributed by atoms with Crippen LogP contribution in [0.3, 0.4) is 0 Å². The number of ether oxygens (including phenoxy) is 2. The lowest BCUT2D eigenvalue weighted by molar-refractivity contribution is 0.0265. The Hall–Kier alpha value is -4.46. The molecule has 4 atom stereocenters. The molecule has 10 nitrogen and oxygen atoms in total. The van der Waals surface area contributed by atoms with E-state index in [0.717, 1.165) is 5.56 Å². The van der Waals surface area contributed by atoms with Gasteiger partial charge in [0.15, 0.2) is 0 Å². The fraction of sp³-hybridized carbons (Fsp3) is 0.414. The summed E-state index contributed by atoms with van der Waals surface area (Å²) in [6.07, 6.45) is 2.09. The summed E-state index contributed by atoms with van der Waals surface area (Å²) < 4.78 is 28.0. The number of likely N-dealkylation sites (tertiary alicyclic amines) is 1. The number of anilines is 1. The second-order valence-electron chi connectivity index (χ2n) is 11.6. The van der Waals surface area contributed by atoms with E-state index in [2.05, 4.69) is 16.4 Å². The molecule has 2 saturated heterocycles. The Morgan fingerprint density at radius 3 is 2.45 bits per heavy atom. The van der Waals surface area contributed by atoms with Crippen LogP contribution in [0.15, 0.2) is 54.9 Å². The number of hydrogen-bond acceptors (Lipinski definition) is 7. The lowest BCUT2D eigenvalue weighted by Gasteiger charge is -2.27. The maximum absolute atomic E-state index is 15.5. The van der Waals surface area contributed by atoms with Crippen LogP contribution in [0.1, 0.15) is 26.3 Å². The molecule has 40 heavy (non-hydrogen) atoms. The lowest BCUT2D eigenvalue weighted by Crippen LogP contribution is -2.39. The fourth-order valence-electron chi connectivity index (χ4n) is 5.96. The van der Waals surface area contributed by atoms with Gasteiger partial charge >= 0.3 is 12.2 Å². The third-order valence-electron chi connectivity index (χ3n) is 7.88. The van der Waals surface area contributed by atoms with Crippen molar-refractivity contribution in [3.8, 4) is 17.2 Å². The van der Waals surface area contributed by atoms with Gasteiger partial charge in [-0.05, 0) is 50.1 Å². The van der Waals surface area contributed by atoms with E-state index >= 15 is 4.39 Å². The number of halogens is 1. The number of piperidine rings is 1. The highest BCUT2D eigenvalue weighted by Crippen LogP contribution is 2.63. The van der Waals surface area contributed by atoms with Gasteiger partial charge in [0.05, 0.1) is 30.8 Å². The number of benzene rings is 2. The van der Waals surface area contributed by atoms with Crippen molar-refractivity contribution >= 4 is 17.9 Å². The number of hydrogen-bond donors (Lipinski definition) is 0. The standard InChI is InChI=1S/C29H29FN6O4/c1-28(2,3)40-26(37)34-15-23-24(16-34)29(23,17-31)22-9-6-19(12-25(22)30)18-4-7-20(8-5-18)36-14-21(39-27(36)38)13-35-11-10-32-33-35/h4-12,21,23-24H,13-16H2,1-3H3/t21-,23-,24+,29?/m0/s1. The van der Waals surface area contributed by atoms with Crippen molar-refractivity contribution < 1.29 is 23.5 Å². The normalized spacial score (nSPS) is 25.4. The molecule has 11 heteroatoms. The number of amides is 2. The molecule has 3 heterocycles. The predicted octanol–water partition coefficient (Wildman–Crippen LogP) is 4.37. The van der Waals surface area contributed by atoms with E-state index in [0.29, 0.717) is 43.0 Å². The molecular formula is C29H29FN6O4. The van der Waals surface area contributed by atoms with Crippen molar-refractivity contribution in [2.24, 2.45) is 11.8 Å². The van der Waals surface area contributed by atoms with Gasteiger partial charge in [-0.25, -0.2) is 18.7 Å². The Bertz CT molecular complexity index is 1480. The number of aromatic nitrogens is 3. The van der Waals surface area contributed by atoms with Crippen molar-refractivity contribution in [2.45, 2.75) is 44.4 Å². The van der Waals surface area contributed by atoms with Gasteiger partial charge in [0.25, 0.3) is 0 Å². The highest BCUT2D eigenvalue weighted by molar-refractivity contribution is 5.90. The first-order valence-corrected chi connectivity index (χ1v) is 13.2. The van der Waals surface area contributed by atoms with Gasteiger partial charge in [-0.15, -0.1) is 5.10 Å². The molecule has 1 unspecified atom stereocenters. The molecule has 3 aliphatic rings. The van der Waals surface area contributed by atoms with E-state index in [1.807, 2.05) is 39.0 Å². The van der Waals surface area contributed by atoms with E-state index in [9.17, 15) is 14.9 Å². The second kappa shape index (κ2) is 9.33. The molecule has 1 saturated carbocycles. The van der Waals surface area contributed by atoms with Crippen molar-refractivity contribution in [1.29, 1.82) is 5.26 Å². The van der Waals surface area contributed by atoms with E-state index in [1.165, 1.54) is 6.07 Å². The second-order valence-corrected chi connectivity index (χ2v) is 11.6. The molecule has 2 amide bonds. The molecule has 1 aromatic heterocycles. The number of carbonyl (C=O) groups is 2. The van der Waals surface area contributed by atoms with Gasteiger partial charge in [0, 0.05) is 42.4 Å². The molecule has 0 spiro atoms. The Morgan fingerprint density at radius 2 is 1.85 bits per heavy atom. The van der Waals surface area contributed by atoms with Crippen LogP contribution in [0, 0.1) is 29.0 Å². The third kappa shape index (κ3) is 4.43. The zero-order valence-corrected chi connectivity index (χ0v) is 22.5. The Morgan fingerprint density at radius 1 is 1.15 bits per heavy atom. The van der Waals surface area contributed by atoms with Crippen LogP contribution in [0.2, 0.25) is 0 Å². The largest absolute Gasteiger partial charge is 0.444 e. The topological polar surface area (TPSA) is 114 Å². The average Bonchev–Trinajstić information content (AvgIpc) is 3.42. The number of rotatable bonds is 5. The minimum atomic E-state index is -0.941. The SMILES string of the molecule is CC(C)(C)OC(=O)N1C[C@@H]2[C@H](C1)C2(C#N)c1ccc(-c2ccc(N3C[C@H](Cn4ccnn4)OC3=O)cc2)cc1F. The minimum absolute atomic E-state index is 0.127. The third-order valence-corrected chi connectivity index (χ3v) is 7.88. The summed E-state index contributed by atoms with van der Waals surface area (Å²) in [6.45, 7) is 6.96. The van der Waals surface area contributed by atoms with Crippen molar-refractivity contribution in [2.75, 3.05) is 24.5 Å². The number of cyclic esters (lactones) is 1. The van der Waals surface area contributed by atoms with Gasteiger partial charge in [-0.3, -0.25) is 4.90 Å². The van der Waals surface area contributed by atoms with E-state index in [-0.39, 0.29) is 17.9 Å². The van der Waals surface area contributed by atoms with Crippen LogP contribution in [-0.4, -0.2) is 63.4 Å². The van der Waals surface area contributed by atoms with Gasteiger partial charge in [0.1, 0.15) is 17.5 Å². The maximum atomic E-state index is 15.5. The molecule has 6 rings (SSSR count). The van der Waals surface area contributed by atoms with Crippen LogP contribution in [0.4, 0.5) is 19.7 Å². The van der Waals surface area contributed by atoms with Crippen LogP contribution >= 0.6 is 0 Å². The molecule has 3 aromatic rings. The Labute approximate surface area is 230 Å². The molecule has 206 valence electrons. The first-order valence-electron chi connectivity index (χ1n) is 13.2. The van der Waals surface area contributed by atoms with Crippen LogP contribution in [-0.2, 0) is 21.4 Å². The molecular weight excluding hydrogens is 515 g/mol. The van der Waals surface area contributed by atoms with E-state index in [1.54, 1.807) is 45.1 Å². The Balaban J connectivity index is 1.13. The first-order chi connectivity index (χ1) is 19.1. The Kier molecular flexibility index (Phi) is 6.02. The highest BCUT2D eigenvalue weighted by atomic mass is 19.1. The molecule has 0 N–H and O–H groups in total. The number of nitriles is 1. The van der Waals surface area contributed by atoms with Crippen LogP contribution in [0.25, 0.3) is 11.1 Å². The van der Waals surface area contributed by atoms with Crippen molar-refractivity contribution in [1.82, 2.24) is 19.9 Å². The van der Waals surface area contributed by atoms with E-state index < -0.39 is 29.0 Å². The smallest absolute Gasteiger partial charge is 0.414 e. The van der Waals surface area contributed by atoms with Gasteiger partial charge in [-0.2, -0.15) is 5.26 Å². The molecule has 0 radical (unpaired) electrons. The number of nitrogens with zero attached hydrogens (tertiary/aromatic N) is 6. The quantitative estimate of drug-likeness (QED) is 0.469. The first kappa shape index (κ1) is 25.8. The molecule has 2 aliphatic heterocycles. The van der Waals surface area contributed by atoms with Gasteiger partial charge in [-0.1, -0.05) is 29.5 Å². The van der Waals surface area contributed by atoms with Crippen LogP contribution in [0.5, 0.6) is 0 Å². The highest BCUT2D eigenvalue weighted by Gasteiger charge is 2.71. The van der Waals surface area contributed by atoms with Gasteiger partial charge in [0.2, 0.25) is 0 Å². The average molecular weight is 545 g/mol. The zero-order chi connectivity index (χ0) is 28.2. The molecule has 2 aromatic carbocycles. The molecule has 1 aliphatic carbocycles. The van der Waals surface area contributed by atoms with Crippen LogP contribution < -0.4 is 4.90 Å². The molecule has 3 fully saturated rings. The summed E-state index contributed by atoms with van der Waals surface area (Å²) in [6, 6.07) is 14.6. The monoisotopic (exact) mass is 544 g/mol. The summed E-state index contributed by atoms with van der Waals surface area (Å²) in [5.41, 5.74) is 0.941. The number of carbonyl (C=O) groups excluding carboxylic acids is 2. The van der Waals surface area contributed by atoms with Crippen molar-refractivity contribution in [3.05, 3.63) is 66.2 Å². The summed E-state index contributed by atoms with van der Waals surface area (Å²) >= 11 is 0. The molecule has 0 bridgehead atoms. The predicted molar refractivity (Wildman–Crippen MR) is 142 cm³/mol. The lowest BCUT2D eigenvalue weighted by atomic mass is 9.89. The maximum Gasteiger partial charge on any atom is 0.414 e.